The zero-order valence-corrected chi connectivity index (χ0v) is 13.0. The highest BCUT2D eigenvalue weighted by Crippen LogP contribution is 2.20. The number of aliphatic hydroxyl groups is 1. The molecule has 8 heteroatoms. The second kappa shape index (κ2) is 6.51. The summed E-state index contributed by atoms with van der Waals surface area (Å²) in [4.78, 5) is 6.73. The maximum Gasteiger partial charge on any atom is 0.180 e. The van der Waals surface area contributed by atoms with Gasteiger partial charge in [-0.1, -0.05) is 11.6 Å². The quantitative estimate of drug-likeness (QED) is 0.654. The van der Waals surface area contributed by atoms with Crippen LogP contribution < -0.4 is 21.0 Å². The molecule has 0 spiro atoms. The summed E-state index contributed by atoms with van der Waals surface area (Å²) >= 11 is 5.81. The maximum absolute atomic E-state index is 9.79. The smallest absolute Gasteiger partial charge is 0.180 e. The number of anilines is 2. The van der Waals surface area contributed by atoms with Gasteiger partial charge in [-0.05, 0) is 19.1 Å². The molecule has 2 aliphatic rings. The van der Waals surface area contributed by atoms with Gasteiger partial charge in [-0.25, -0.2) is 4.98 Å². The van der Waals surface area contributed by atoms with Gasteiger partial charge in [0, 0.05) is 31.8 Å². The monoisotopic (exact) mass is 322 g/mol. The van der Waals surface area contributed by atoms with Gasteiger partial charge < -0.3 is 20.6 Å². The van der Waals surface area contributed by atoms with Crippen molar-refractivity contribution < 1.29 is 5.11 Å². The normalized spacial score (nSPS) is 25.1. The number of rotatable bonds is 3. The zero-order chi connectivity index (χ0) is 15.5. The molecular formula is C14H19ClN6O. The van der Waals surface area contributed by atoms with Gasteiger partial charge in [0.05, 0.1) is 17.6 Å². The molecule has 1 aromatic rings. The van der Waals surface area contributed by atoms with E-state index in [0.717, 1.165) is 25.3 Å². The molecule has 3 rings (SSSR count). The average Bonchev–Trinajstić information content (AvgIpc) is 2.52. The second-order valence-corrected chi connectivity index (χ2v) is 5.73. The first kappa shape index (κ1) is 15.1. The van der Waals surface area contributed by atoms with Crippen molar-refractivity contribution >= 4 is 28.3 Å². The largest absolute Gasteiger partial charge is 0.367 e. The average molecular weight is 323 g/mol. The van der Waals surface area contributed by atoms with E-state index < -0.39 is 6.23 Å². The lowest BCUT2D eigenvalue weighted by molar-refractivity contribution is 0.174. The van der Waals surface area contributed by atoms with Crippen LogP contribution in [0, 0.1) is 0 Å². The fourth-order valence-corrected chi connectivity index (χ4v) is 2.71. The third-order valence-electron chi connectivity index (χ3n) is 3.72. The third kappa shape index (κ3) is 3.32. The number of aromatic nitrogens is 1. The number of nitrogens with zero attached hydrogens (tertiary/aromatic N) is 3. The summed E-state index contributed by atoms with van der Waals surface area (Å²) in [5, 5.41) is 20.2. The summed E-state index contributed by atoms with van der Waals surface area (Å²) in [5.74, 6) is 0.644. The van der Waals surface area contributed by atoms with E-state index in [1.165, 1.54) is 0 Å². The summed E-state index contributed by atoms with van der Waals surface area (Å²) in [5.41, 5.74) is 4.11. The Morgan fingerprint density at radius 1 is 1.45 bits per heavy atom. The lowest BCUT2D eigenvalue weighted by atomic mass is 10.2. The number of nitrogens with one attached hydrogen (secondary N) is 3. The van der Waals surface area contributed by atoms with Crippen LogP contribution >= 0.6 is 11.6 Å². The number of hydrazone groups is 1. The van der Waals surface area contributed by atoms with E-state index in [4.69, 9.17) is 11.6 Å². The molecule has 22 heavy (non-hydrogen) atoms. The number of allylic oxidation sites excluding steroid dienone is 1. The number of hydrogen-bond donors (Lipinski definition) is 4. The summed E-state index contributed by atoms with van der Waals surface area (Å²) in [6.45, 7) is 5.11. The molecule has 2 atom stereocenters. The molecule has 1 unspecified atom stereocenters. The molecule has 1 aromatic heterocycles. The van der Waals surface area contributed by atoms with Crippen LogP contribution in [0.5, 0.6) is 0 Å². The van der Waals surface area contributed by atoms with Crippen LogP contribution in [-0.4, -0.2) is 47.2 Å². The minimum atomic E-state index is -0.919. The predicted octanol–water partition coefficient (Wildman–Crippen LogP) is 0.649. The number of hydrogen-bond acceptors (Lipinski definition) is 7. The van der Waals surface area contributed by atoms with E-state index in [2.05, 4.69) is 38.0 Å². The lowest BCUT2D eigenvalue weighted by Gasteiger charge is -2.35. The van der Waals surface area contributed by atoms with E-state index in [1.807, 2.05) is 18.3 Å². The fourth-order valence-electron chi connectivity index (χ4n) is 2.54. The molecule has 118 valence electrons. The molecule has 4 N–H and O–H groups in total. The molecule has 7 nitrogen and oxygen atoms in total. The van der Waals surface area contributed by atoms with E-state index >= 15 is 0 Å². The zero-order valence-electron chi connectivity index (χ0n) is 12.3. The Bertz CT molecular complexity index is 588. The van der Waals surface area contributed by atoms with Gasteiger partial charge in [0.2, 0.25) is 0 Å². The Balaban J connectivity index is 1.70. The Kier molecular flexibility index (Phi) is 4.47. The number of halogens is 1. The van der Waals surface area contributed by atoms with Gasteiger partial charge in [-0.3, -0.25) is 5.43 Å². The summed E-state index contributed by atoms with van der Waals surface area (Å²) in [6, 6.07) is 4.35. The SMILES string of the molecule is C[C@H]1CNCCN1c1ccc(NC2=CC(Cl)=NNC2O)nc1. The number of piperazine rings is 1. The molecule has 1 fully saturated rings. The van der Waals surface area contributed by atoms with E-state index in [-0.39, 0.29) is 5.17 Å². The molecule has 3 heterocycles. The van der Waals surface area contributed by atoms with Crippen LogP contribution in [0.4, 0.5) is 11.5 Å². The second-order valence-electron chi connectivity index (χ2n) is 5.34. The van der Waals surface area contributed by atoms with Crippen molar-refractivity contribution in [1.29, 1.82) is 0 Å². The van der Waals surface area contributed by atoms with Gasteiger partial charge in [0.15, 0.2) is 11.4 Å². The topological polar surface area (TPSA) is 84.8 Å². The van der Waals surface area contributed by atoms with Gasteiger partial charge >= 0.3 is 0 Å². The number of aliphatic hydroxyl groups excluding tert-OH is 1. The highest BCUT2D eigenvalue weighted by Gasteiger charge is 2.19. The van der Waals surface area contributed by atoms with Crippen molar-refractivity contribution in [3.05, 3.63) is 30.1 Å². The van der Waals surface area contributed by atoms with Crippen molar-refractivity contribution in [1.82, 2.24) is 15.7 Å². The van der Waals surface area contributed by atoms with E-state index in [0.29, 0.717) is 17.6 Å². The maximum atomic E-state index is 9.79. The Morgan fingerprint density at radius 2 is 2.32 bits per heavy atom. The highest BCUT2D eigenvalue weighted by molar-refractivity contribution is 6.68. The van der Waals surface area contributed by atoms with Crippen LogP contribution in [-0.2, 0) is 0 Å². The van der Waals surface area contributed by atoms with Crippen LogP contribution in [0.3, 0.4) is 0 Å². The summed E-state index contributed by atoms with van der Waals surface area (Å²) in [7, 11) is 0. The van der Waals surface area contributed by atoms with Crippen LogP contribution in [0.2, 0.25) is 0 Å². The molecule has 0 radical (unpaired) electrons. The van der Waals surface area contributed by atoms with Gasteiger partial charge in [0.25, 0.3) is 0 Å². The first-order chi connectivity index (χ1) is 10.6. The van der Waals surface area contributed by atoms with E-state index in [9.17, 15) is 5.11 Å². The lowest BCUT2D eigenvalue weighted by Crippen LogP contribution is -2.49. The molecule has 0 aliphatic carbocycles. The van der Waals surface area contributed by atoms with Crippen LogP contribution in [0.1, 0.15) is 6.92 Å². The van der Waals surface area contributed by atoms with Gasteiger partial charge in [-0.2, -0.15) is 5.10 Å². The molecule has 0 bridgehead atoms. The van der Waals surface area contributed by atoms with Crippen molar-refractivity contribution in [3.63, 3.8) is 0 Å². The van der Waals surface area contributed by atoms with Crippen LogP contribution in [0.15, 0.2) is 35.2 Å². The predicted molar refractivity (Wildman–Crippen MR) is 88.1 cm³/mol. The van der Waals surface area contributed by atoms with Crippen molar-refractivity contribution in [2.45, 2.75) is 19.2 Å². The Morgan fingerprint density at radius 3 is 3.05 bits per heavy atom. The Labute approximate surface area is 134 Å². The standard InChI is InChI=1S/C14H19ClN6O/c1-9-7-16-4-5-21(9)10-2-3-13(17-8-10)18-11-6-12(15)19-20-14(11)22/h2-3,6,8-9,14,16,20,22H,4-5,7H2,1H3,(H,17,18)/t9-,14?/m0/s1. The van der Waals surface area contributed by atoms with Crippen molar-refractivity contribution in [2.24, 2.45) is 5.10 Å². The third-order valence-corrected chi connectivity index (χ3v) is 3.91. The summed E-state index contributed by atoms with van der Waals surface area (Å²) < 4.78 is 0. The van der Waals surface area contributed by atoms with Crippen molar-refractivity contribution in [2.75, 3.05) is 29.9 Å². The highest BCUT2D eigenvalue weighted by atomic mass is 35.5. The molecule has 2 aliphatic heterocycles. The van der Waals surface area contributed by atoms with E-state index in [1.54, 1.807) is 6.08 Å². The number of pyridine rings is 1. The van der Waals surface area contributed by atoms with Crippen LogP contribution in [0.25, 0.3) is 0 Å². The summed E-state index contributed by atoms with van der Waals surface area (Å²) in [6.07, 6.45) is 2.48. The first-order valence-corrected chi connectivity index (χ1v) is 7.60. The minimum Gasteiger partial charge on any atom is -0.367 e. The van der Waals surface area contributed by atoms with Crippen molar-refractivity contribution in [3.8, 4) is 0 Å². The van der Waals surface area contributed by atoms with Gasteiger partial charge in [-0.15, -0.1) is 0 Å². The Hall–Kier alpha value is -1.83. The fraction of sp³-hybridized carbons (Fsp3) is 0.429. The molecule has 1 saturated heterocycles. The molecule has 0 amide bonds. The minimum absolute atomic E-state index is 0.277. The molecular weight excluding hydrogens is 304 g/mol. The first-order valence-electron chi connectivity index (χ1n) is 7.22. The molecule has 0 aromatic carbocycles. The molecule has 0 saturated carbocycles. The van der Waals surface area contributed by atoms with Gasteiger partial charge in [0.1, 0.15) is 5.82 Å².